The summed E-state index contributed by atoms with van der Waals surface area (Å²) in [5, 5.41) is 2.92. The van der Waals surface area contributed by atoms with Crippen LogP contribution in [0.5, 0.6) is 5.75 Å². The molecule has 9 heteroatoms. The third-order valence-electron chi connectivity index (χ3n) is 4.21. The minimum atomic E-state index is -0.499. The number of thioether (sulfide) groups is 1. The van der Waals surface area contributed by atoms with Crippen molar-refractivity contribution in [3.05, 3.63) is 51.4 Å². The highest BCUT2D eigenvalue weighted by Gasteiger charge is 2.38. The van der Waals surface area contributed by atoms with Crippen LogP contribution in [0.1, 0.15) is 13.3 Å². The Hall–Kier alpha value is -1.84. The number of rotatable bonds is 6. The second-order valence-corrected chi connectivity index (χ2v) is 9.10. The summed E-state index contributed by atoms with van der Waals surface area (Å²) in [6, 6.07) is 12.7. The van der Waals surface area contributed by atoms with Crippen molar-refractivity contribution in [3.8, 4) is 5.75 Å². The number of amidine groups is 1. The number of aliphatic imine (C=N–C) groups is 1. The van der Waals surface area contributed by atoms with Crippen LogP contribution in [0.3, 0.4) is 0 Å². The molecule has 29 heavy (non-hydrogen) atoms. The van der Waals surface area contributed by atoms with Gasteiger partial charge in [-0.15, -0.1) is 0 Å². The Balaban J connectivity index is 1.70. The summed E-state index contributed by atoms with van der Waals surface area (Å²) in [6.45, 7) is 2.39. The second kappa shape index (κ2) is 9.77. The van der Waals surface area contributed by atoms with Gasteiger partial charge in [0.15, 0.2) is 5.17 Å². The Morgan fingerprint density at radius 3 is 2.59 bits per heavy atom. The van der Waals surface area contributed by atoms with Gasteiger partial charge in [0, 0.05) is 27.6 Å². The molecule has 152 valence electrons. The molecule has 1 saturated heterocycles. The third-order valence-corrected chi connectivity index (χ3v) is 6.51. The van der Waals surface area contributed by atoms with E-state index in [0.29, 0.717) is 23.1 Å². The molecule has 6 nitrogen and oxygen atoms in total. The van der Waals surface area contributed by atoms with Gasteiger partial charge in [-0.05, 0) is 65.3 Å². The van der Waals surface area contributed by atoms with E-state index in [-0.39, 0.29) is 18.2 Å². The maximum absolute atomic E-state index is 12.8. The third kappa shape index (κ3) is 5.40. The number of halogens is 2. The van der Waals surface area contributed by atoms with Crippen molar-refractivity contribution >= 4 is 72.0 Å². The largest absolute Gasteiger partial charge is 0.497 e. The van der Waals surface area contributed by atoms with E-state index < -0.39 is 5.25 Å². The van der Waals surface area contributed by atoms with Gasteiger partial charge in [0.2, 0.25) is 11.8 Å². The van der Waals surface area contributed by atoms with Crippen molar-refractivity contribution in [3.63, 3.8) is 0 Å². The van der Waals surface area contributed by atoms with Crippen molar-refractivity contribution < 1.29 is 14.3 Å². The van der Waals surface area contributed by atoms with Crippen LogP contribution < -0.4 is 10.1 Å². The van der Waals surface area contributed by atoms with Gasteiger partial charge < -0.3 is 10.1 Å². The zero-order valence-electron chi connectivity index (χ0n) is 15.8. The fourth-order valence-corrected chi connectivity index (χ4v) is 5.10. The number of hydrogen-bond acceptors (Lipinski definition) is 5. The average Bonchev–Trinajstić information content (AvgIpc) is 2.98. The molecule has 3 rings (SSSR count). The Morgan fingerprint density at radius 2 is 1.97 bits per heavy atom. The van der Waals surface area contributed by atoms with E-state index in [1.807, 2.05) is 25.1 Å². The molecular formula is C20H19Br2N3O3S. The van der Waals surface area contributed by atoms with Gasteiger partial charge in [-0.2, -0.15) is 0 Å². The van der Waals surface area contributed by atoms with Gasteiger partial charge in [-0.1, -0.05) is 27.7 Å². The molecule has 1 aliphatic heterocycles. The summed E-state index contributed by atoms with van der Waals surface area (Å²) in [4.78, 5) is 31.4. The van der Waals surface area contributed by atoms with Gasteiger partial charge in [0.1, 0.15) is 11.0 Å². The Morgan fingerprint density at radius 1 is 1.24 bits per heavy atom. The molecule has 0 radical (unpaired) electrons. The summed E-state index contributed by atoms with van der Waals surface area (Å²) in [6.07, 6.45) is 0.0759. The van der Waals surface area contributed by atoms with E-state index in [9.17, 15) is 9.59 Å². The molecule has 1 aliphatic rings. The average molecular weight is 541 g/mol. The maximum Gasteiger partial charge on any atom is 0.242 e. The first kappa shape index (κ1) is 21.9. The van der Waals surface area contributed by atoms with Crippen LogP contribution in [-0.2, 0) is 9.59 Å². The highest BCUT2D eigenvalue weighted by Crippen LogP contribution is 2.35. The van der Waals surface area contributed by atoms with E-state index in [1.165, 1.54) is 11.8 Å². The van der Waals surface area contributed by atoms with Crippen LogP contribution in [0, 0.1) is 0 Å². The molecule has 2 aromatic carbocycles. The second-order valence-electron chi connectivity index (χ2n) is 6.16. The van der Waals surface area contributed by atoms with Gasteiger partial charge in [-0.25, -0.2) is 4.99 Å². The number of carbonyl (C=O) groups is 2. The number of benzene rings is 2. The summed E-state index contributed by atoms with van der Waals surface area (Å²) in [5.41, 5.74) is 1.39. The highest BCUT2D eigenvalue weighted by atomic mass is 79.9. The standard InChI is InChI=1S/C20H19Br2N3O3S/c1-3-25-19(27)17(11-18(26)23-13-5-7-14(28-2)8-6-13)29-20(25)24-16-9-4-12(21)10-15(16)22/h4-10,17H,3,11H2,1-2H3,(H,23,26). The number of carbonyl (C=O) groups excluding carboxylic acids is 2. The molecule has 1 heterocycles. The van der Waals surface area contributed by atoms with Crippen molar-refractivity contribution in [2.75, 3.05) is 19.0 Å². The van der Waals surface area contributed by atoms with Crippen LogP contribution >= 0.6 is 43.6 Å². The van der Waals surface area contributed by atoms with Gasteiger partial charge >= 0.3 is 0 Å². The quantitative estimate of drug-likeness (QED) is 0.546. The van der Waals surface area contributed by atoms with Gasteiger partial charge in [0.25, 0.3) is 0 Å². The van der Waals surface area contributed by atoms with Crippen molar-refractivity contribution in [2.24, 2.45) is 4.99 Å². The SMILES string of the molecule is CCN1C(=O)C(CC(=O)Nc2ccc(OC)cc2)SC1=Nc1ccc(Br)cc1Br. The monoisotopic (exact) mass is 539 g/mol. The zero-order valence-corrected chi connectivity index (χ0v) is 19.8. The predicted octanol–water partition coefficient (Wildman–Crippen LogP) is 5.20. The van der Waals surface area contributed by atoms with Crippen LogP contribution in [0.4, 0.5) is 11.4 Å². The molecule has 1 atom stereocenters. The van der Waals surface area contributed by atoms with Gasteiger partial charge in [-0.3, -0.25) is 14.5 Å². The predicted molar refractivity (Wildman–Crippen MR) is 124 cm³/mol. The number of hydrogen-bond donors (Lipinski definition) is 1. The summed E-state index contributed by atoms with van der Waals surface area (Å²) in [7, 11) is 1.59. The molecule has 0 aliphatic carbocycles. The normalized spacial score (nSPS) is 17.7. The smallest absolute Gasteiger partial charge is 0.242 e. The fourth-order valence-electron chi connectivity index (χ4n) is 2.75. The molecule has 1 fully saturated rings. The maximum atomic E-state index is 12.8. The molecule has 2 aromatic rings. The Labute approximate surface area is 190 Å². The lowest BCUT2D eigenvalue weighted by atomic mass is 10.2. The lowest BCUT2D eigenvalue weighted by Crippen LogP contribution is -2.33. The molecule has 1 unspecified atom stereocenters. The van der Waals surface area contributed by atoms with E-state index >= 15 is 0 Å². The van der Waals surface area contributed by atoms with E-state index in [4.69, 9.17) is 4.74 Å². The lowest BCUT2D eigenvalue weighted by molar-refractivity contribution is -0.128. The Kier molecular flexibility index (Phi) is 7.37. The number of anilines is 1. The van der Waals surface area contributed by atoms with Crippen molar-refractivity contribution in [1.29, 1.82) is 0 Å². The first-order valence-electron chi connectivity index (χ1n) is 8.87. The number of methoxy groups -OCH3 is 1. The highest BCUT2D eigenvalue weighted by molar-refractivity contribution is 9.11. The minimum absolute atomic E-state index is 0.0759. The van der Waals surface area contributed by atoms with Crippen LogP contribution in [0.2, 0.25) is 0 Å². The molecule has 0 bridgehead atoms. The van der Waals surface area contributed by atoms with Crippen molar-refractivity contribution in [2.45, 2.75) is 18.6 Å². The molecule has 1 N–H and O–H groups in total. The molecule has 0 aromatic heterocycles. The molecule has 0 saturated carbocycles. The van der Waals surface area contributed by atoms with Crippen LogP contribution in [0.25, 0.3) is 0 Å². The van der Waals surface area contributed by atoms with E-state index in [0.717, 1.165) is 14.6 Å². The number of nitrogens with zero attached hydrogens (tertiary/aromatic N) is 2. The van der Waals surface area contributed by atoms with Gasteiger partial charge in [0.05, 0.1) is 12.8 Å². The zero-order chi connectivity index (χ0) is 21.0. The number of amides is 2. The molecule has 0 spiro atoms. The van der Waals surface area contributed by atoms with Crippen molar-refractivity contribution in [1.82, 2.24) is 4.90 Å². The summed E-state index contributed by atoms with van der Waals surface area (Å²) < 4.78 is 6.87. The first-order chi connectivity index (χ1) is 13.9. The fraction of sp³-hybridized carbons (Fsp3) is 0.250. The number of ether oxygens (including phenoxy) is 1. The Bertz CT molecular complexity index is 950. The molecular weight excluding hydrogens is 522 g/mol. The van der Waals surface area contributed by atoms with E-state index in [2.05, 4.69) is 42.2 Å². The molecule has 2 amide bonds. The summed E-state index contributed by atoms with van der Waals surface area (Å²) in [5.74, 6) is 0.389. The van der Waals surface area contributed by atoms with E-state index in [1.54, 1.807) is 36.3 Å². The lowest BCUT2D eigenvalue weighted by Gasteiger charge is -2.13. The minimum Gasteiger partial charge on any atom is -0.497 e. The number of nitrogens with one attached hydrogen (secondary N) is 1. The topological polar surface area (TPSA) is 71.0 Å². The summed E-state index contributed by atoms with van der Waals surface area (Å²) >= 11 is 8.22. The first-order valence-corrected chi connectivity index (χ1v) is 11.3. The van der Waals surface area contributed by atoms with Crippen LogP contribution in [-0.4, -0.2) is 40.8 Å². The van der Waals surface area contributed by atoms with Crippen LogP contribution in [0.15, 0.2) is 56.4 Å².